The van der Waals surface area contributed by atoms with Gasteiger partial charge in [0.2, 0.25) is 0 Å². The Morgan fingerprint density at radius 2 is 1.65 bits per heavy atom. The molecule has 0 bridgehead atoms. The van der Waals surface area contributed by atoms with E-state index in [0.29, 0.717) is 5.92 Å². The molecule has 2 aromatic carbocycles. The van der Waals surface area contributed by atoms with Gasteiger partial charge < -0.3 is 0 Å². The Hall–Kier alpha value is -2.41. The van der Waals surface area contributed by atoms with Gasteiger partial charge in [-0.3, -0.25) is 4.99 Å². The Morgan fingerprint density at radius 3 is 2.30 bits per heavy atom. The van der Waals surface area contributed by atoms with E-state index < -0.39 is 0 Å². The van der Waals surface area contributed by atoms with Crippen LogP contribution in [0.4, 0.5) is 5.69 Å². The Morgan fingerprint density at radius 1 is 0.957 bits per heavy atom. The third-order valence-corrected chi connectivity index (χ3v) is 4.33. The average molecular weight is 301 g/mol. The van der Waals surface area contributed by atoms with Crippen molar-refractivity contribution in [3.8, 4) is 0 Å². The van der Waals surface area contributed by atoms with Crippen molar-refractivity contribution in [2.24, 2.45) is 4.99 Å². The molecule has 0 radical (unpaired) electrons. The highest BCUT2D eigenvalue weighted by molar-refractivity contribution is 5.85. The first-order valence-corrected chi connectivity index (χ1v) is 8.12. The fourth-order valence-electron chi connectivity index (χ4n) is 3.29. The monoisotopic (exact) mass is 301 g/mol. The summed E-state index contributed by atoms with van der Waals surface area (Å²) in [6.07, 6.45) is 8.75. The molecule has 116 valence electrons. The maximum atomic E-state index is 4.80. The molecule has 0 spiro atoms. The fourth-order valence-corrected chi connectivity index (χ4v) is 3.29. The van der Waals surface area contributed by atoms with Crippen molar-refractivity contribution >= 4 is 11.9 Å². The molecule has 0 amide bonds. The molecule has 0 heterocycles. The first-order chi connectivity index (χ1) is 11.0. The summed E-state index contributed by atoms with van der Waals surface area (Å²) in [5, 5.41) is 0. The Labute approximate surface area is 139 Å². The second-order valence-corrected chi connectivity index (χ2v) is 6.43. The molecule has 1 heteroatoms. The summed E-state index contributed by atoms with van der Waals surface area (Å²) >= 11 is 0. The molecule has 0 aromatic heterocycles. The average Bonchev–Trinajstić information content (AvgIpc) is 2.93. The lowest BCUT2D eigenvalue weighted by Gasteiger charge is -2.11. The van der Waals surface area contributed by atoms with Crippen molar-refractivity contribution in [1.29, 1.82) is 0 Å². The molecule has 1 unspecified atom stereocenters. The quantitative estimate of drug-likeness (QED) is 0.620. The molecule has 2 aromatic rings. The highest BCUT2D eigenvalue weighted by Crippen LogP contribution is 2.29. The van der Waals surface area contributed by atoms with Gasteiger partial charge in [-0.05, 0) is 49.9 Å². The normalized spacial score (nSPS) is 17.0. The van der Waals surface area contributed by atoms with Gasteiger partial charge >= 0.3 is 0 Å². The van der Waals surface area contributed by atoms with Gasteiger partial charge in [0.1, 0.15) is 0 Å². The molecule has 1 aliphatic carbocycles. The number of hydrogen-bond acceptors (Lipinski definition) is 1. The van der Waals surface area contributed by atoms with Crippen LogP contribution in [0.15, 0.2) is 65.2 Å². The third-order valence-electron chi connectivity index (χ3n) is 4.33. The van der Waals surface area contributed by atoms with Crippen molar-refractivity contribution < 1.29 is 0 Å². The smallest absolute Gasteiger partial charge is 0.0688 e. The highest BCUT2D eigenvalue weighted by atomic mass is 14.7. The predicted molar refractivity (Wildman–Crippen MR) is 100.0 cm³/mol. The van der Waals surface area contributed by atoms with Crippen LogP contribution >= 0.6 is 0 Å². The van der Waals surface area contributed by atoms with Gasteiger partial charge in [-0.2, -0.15) is 0 Å². The zero-order valence-electron chi connectivity index (χ0n) is 14.3. The largest absolute Gasteiger partial charge is 0.256 e. The highest BCUT2D eigenvalue weighted by Gasteiger charge is 2.12. The van der Waals surface area contributed by atoms with Gasteiger partial charge in [0.15, 0.2) is 0 Å². The van der Waals surface area contributed by atoms with Crippen LogP contribution < -0.4 is 0 Å². The summed E-state index contributed by atoms with van der Waals surface area (Å²) in [4.78, 5) is 4.80. The van der Waals surface area contributed by atoms with Crippen LogP contribution in [0.25, 0.3) is 0 Å². The van der Waals surface area contributed by atoms with Crippen LogP contribution in [-0.4, -0.2) is 6.21 Å². The number of nitrogens with zero attached hydrogens (tertiary/aromatic N) is 1. The number of aliphatic imine (C=N–C) groups is 1. The van der Waals surface area contributed by atoms with E-state index in [9.17, 15) is 0 Å². The molecule has 0 saturated heterocycles. The van der Waals surface area contributed by atoms with E-state index in [1.807, 2.05) is 6.21 Å². The number of hydrogen-bond donors (Lipinski definition) is 0. The number of aryl methyl sites for hydroxylation is 3. The Balaban J connectivity index is 1.97. The zero-order chi connectivity index (χ0) is 16.4. The van der Waals surface area contributed by atoms with Gasteiger partial charge in [0.25, 0.3) is 0 Å². The van der Waals surface area contributed by atoms with E-state index in [-0.39, 0.29) is 0 Å². The molecule has 23 heavy (non-hydrogen) atoms. The fraction of sp³-hybridized carbons (Fsp3) is 0.227. The summed E-state index contributed by atoms with van der Waals surface area (Å²) in [6.45, 7) is 8.53. The van der Waals surface area contributed by atoms with Crippen molar-refractivity contribution in [3.63, 3.8) is 0 Å². The van der Waals surface area contributed by atoms with Crippen molar-refractivity contribution in [3.05, 3.63) is 88.0 Å². The van der Waals surface area contributed by atoms with Crippen LogP contribution in [-0.2, 0) is 0 Å². The third kappa shape index (κ3) is 3.34. The minimum atomic E-state index is 0.359. The number of rotatable bonds is 3. The molecular formula is C22H23N. The zero-order valence-corrected chi connectivity index (χ0v) is 14.3. The minimum absolute atomic E-state index is 0.359. The maximum absolute atomic E-state index is 4.80. The summed E-state index contributed by atoms with van der Waals surface area (Å²) < 4.78 is 0. The first kappa shape index (κ1) is 15.5. The van der Waals surface area contributed by atoms with Crippen LogP contribution in [0.1, 0.15) is 40.7 Å². The van der Waals surface area contributed by atoms with E-state index in [0.717, 1.165) is 5.69 Å². The van der Waals surface area contributed by atoms with Gasteiger partial charge in [0.05, 0.1) is 5.69 Å². The Bertz CT molecular complexity index is 799. The van der Waals surface area contributed by atoms with Gasteiger partial charge in [-0.15, -0.1) is 0 Å². The second kappa shape index (κ2) is 6.37. The van der Waals surface area contributed by atoms with Crippen LogP contribution in [0.5, 0.6) is 0 Å². The lowest BCUT2D eigenvalue weighted by Crippen LogP contribution is -1.96. The summed E-state index contributed by atoms with van der Waals surface area (Å²) in [5.41, 5.74) is 8.65. The van der Waals surface area contributed by atoms with E-state index in [1.54, 1.807) is 0 Å². The van der Waals surface area contributed by atoms with Crippen LogP contribution in [0.2, 0.25) is 0 Å². The molecular weight excluding hydrogens is 278 g/mol. The molecule has 0 fully saturated rings. The first-order valence-electron chi connectivity index (χ1n) is 8.12. The summed E-state index contributed by atoms with van der Waals surface area (Å²) in [5.74, 6) is 0.359. The SMILES string of the molecule is CC1=CC(c2ccccc2C=Nc2c(C)cc(C)cc2C)C=C1. The van der Waals surface area contributed by atoms with E-state index in [1.165, 1.54) is 33.4 Å². The van der Waals surface area contributed by atoms with Crippen LogP contribution in [0, 0.1) is 20.8 Å². The summed E-state index contributed by atoms with van der Waals surface area (Å²) in [6, 6.07) is 12.9. The lowest BCUT2D eigenvalue weighted by atomic mass is 9.95. The van der Waals surface area contributed by atoms with Gasteiger partial charge in [-0.1, -0.05) is 65.8 Å². The maximum Gasteiger partial charge on any atom is 0.0688 e. The standard InChI is InChI=1S/C22H23N/c1-15-9-10-19(13-15)21-8-6-5-7-20(21)14-23-22-17(3)11-16(2)12-18(22)4/h5-14,19H,1-4H3. The molecule has 1 nitrogen and oxygen atoms in total. The van der Waals surface area contributed by atoms with E-state index in [2.05, 4.69) is 82.3 Å². The van der Waals surface area contributed by atoms with Gasteiger partial charge in [0, 0.05) is 12.1 Å². The molecule has 0 saturated carbocycles. The topological polar surface area (TPSA) is 12.4 Å². The van der Waals surface area contributed by atoms with Crippen molar-refractivity contribution in [2.45, 2.75) is 33.6 Å². The second-order valence-electron chi connectivity index (χ2n) is 6.43. The van der Waals surface area contributed by atoms with Crippen molar-refractivity contribution in [1.82, 2.24) is 0 Å². The van der Waals surface area contributed by atoms with Gasteiger partial charge in [-0.25, -0.2) is 0 Å². The van der Waals surface area contributed by atoms with E-state index in [4.69, 9.17) is 4.99 Å². The molecule has 1 aliphatic rings. The predicted octanol–water partition coefficient (Wildman–Crippen LogP) is 5.96. The molecule has 1 atom stereocenters. The van der Waals surface area contributed by atoms with Crippen molar-refractivity contribution in [2.75, 3.05) is 0 Å². The lowest BCUT2D eigenvalue weighted by molar-refractivity contribution is 1.09. The molecule has 0 N–H and O–H groups in total. The number of allylic oxidation sites excluding steroid dienone is 4. The molecule has 3 rings (SSSR count). The minimum Gasteiger partial charge on any atom is -0.256 e. The number of benzene rings is 2. The molecule has 0 aliphatic heterocycles. The Kier molecular flexibility index (Phi) is 4.29. The van der Waals surface area contributed by atoms with Crippen LogP contribution in [0.3, 0.4) is 0 Å². The summed E-state index contributed by atoms with van der Waals surface area (Å²) in [7, 11) is 0. The van der Waals surface area contributed by atoms with E-state index >= 15 is 0 Å².